The standard InChI is InChI=1S/C30H38N6O5/c1-19(2)12-14-35-24-25(32(6)28(39)36(26(24)38)18-23(37)20-10-8-7-9-11-20)31-27(35)34-15-13-21-16-33(17-22(21)34)29(40)41-30(3,4)5/h7-12,21-22H,13-18H2,1-6H3/t21-,22+/m0/s1. The lowest BCUT2D eigenvalue weighted by molar-refractivity contribution is 0.0284. The average molecular weight is 563 g/mol. The van der Waals surface area contributed by atoms with Crippen LogP contribution in [0.3, 0.4) is 0 Å². The lowest BCUT2D eigenvalue weighted by Crippen LogP contribution is -2.41. The third kappa shape index (κ3) is 5.45. The fourth-order valence-electron chi connectivity index (χ4n) is 5.71. The first-order chi connectivity index (χ1) is 19.4. The summed E-state index contributed by atoms with van der Waals surface area (Å²) in [6.07, 6.45) is 2.53. The van der Waals surface area contributed by atoms with Gasteiger partial charge in [0.15, 0.2) is 16.9 Å². The van der Waals surface area contributed by atoms with Crippen molar-refractivity contribution < 1.29 is 14.3 Å². The number of allylic oxidation sites excluding steroid dienone is 2. The number of hydrogen-bond acceptors (Lipinski definition) is 7. The van der Waals surface area contributed by atoms with E-state index in [-0.39, 0.29) is 41.5 Å². The Morgan fingerprint density at radius 3 is 2.44 bits per heavy atom. The van der Waals surface area contributed by atoms with Crippen molar-refractivity contribution in [2.45, 2.75) is 65.8 Å². The van der Waals surface area contributed by atoms with Gasteiger partial charge in [-0.05, 0) is 41.0 Å². The number of Topliss-reactive ketones (excluding diaryl/α,β-unsaturated/α-hetero) is 1. The van der Waals surface area contributed by atoms with E-state index >= 15 is 0 Å². The molecule has 0 radical (unpaired) electrons. The van der Waals surface area contributed by atoms with E-state index in [1.807, 2.05) is 45.3 Å². The first-order valence-electron chi connectivity index (χ1n) is 14.0. The number of benzene rings is 1. The highest BCUT2D eigenvalue weighted by Crippen LogP contribution is 2.36. The first-order valence-corrected chi connectivity index (χ1v) is 14.0. The molecule has 11 nitrogen and oxygen atoms in total. The van der Waals surface area contributed by atoms with Gasteiger partial charge in [0, 0.05) is 44.7 Å². The summed E-state index contributed by atoms with van der Waals surface area (Å²) in [7, 11) is 1.57. The van der Waals surface area contributed by atoms with Crippen LogP contribution in [0.4, 0.5) is 10.7 Å². The maximum absolute atomic E-state index is 13.9. The van der Waals surface area contributed by atoms with Gasteiger partial charge in [-0.25, -0.2) is 9.59 Å². The summed E-state index contributed by atoms with van der Waals surface area (Å²) in [5.41, 5.74) is 0.307. The summed E-state index contributed by atoms with van der Waals surface area (Å²) in [6.45, 7) is 11.3. The molecule has 41 heavy (non-hydrogen) atoms. The van der Waals surface area contributed by atoms with Gasteiger partial charge < -0.3 is 19.1 Å². The molecule has 5 rings (SSSR count). The lowest BCUT2D eigenvalue weighted by atomic mass is 10.1. The maximum atomic E-state index is 13.9. The van der Waals surface area contributed by atoms with Crippen LogP contribution in [0.25, 0.3) is 11.2 Å². The van der Waals surface area contributed by atoms with E-state index in [1.54, 1.807) is 42.3 Å². The molecule has 2 aliphatic rings. The number of fused-ring (bicyclic) bond motifs is 2. The van der Waals surface area contributed by atoms with Gasteiger partial charge in [-0.3, -0.25) is 18.7 Å². The molecule has 1 amide bonds. The van der Waals surface area contributed by atoms with E-state index in [2.05, 4.69) is 4.90 Å². The SMILES string of the molecule is CC(C)=CCn1c(N2CC[C@H]3CN(C(=O)OC(C)(C)C)C[C@H]32)nc2c1c(=O)n(CC(=O)c1ccccc1)c(=O)n2C. The van der Waals surface area contributed by atoms with Crippen LogP contribution in [-0.4, -0.2) is 66.7 Å². The van der Waals surface area contributed by atoms with E-state index in [4.69, 9.17) is 9.72 Å². The molecule has 2 aromatic heterocycles. The van der Waals surface area contributed by atoms with Crippen LogP contribution in [0, 0.1) is 5.92 Å². The van der Waals surface area contributed by atoms with Gasteiger partial charge >= 0.3 is 11.8 Å². The molecule has 0 aliphatic carbocycles. The molecule has 3 aromatic rings. The highest BCUT2D eigenvalue weighted by molar-refractivity contribution is 5.96. The molecule has 0 unspecified atom stereocenters. The minimum Gasteiger partial charge on any atom is -0.444 e. The number of imidazole rings is 1. The van der Waals surface area contributed by atoms with E-state index in [9.17, 15) is 19.2 Å². The zero-order chi connectivity index (χ0) is 29.6. The summed E-state index contributed by atoms with van der Waals surface area (Å²) < 4.78 is 9.79. The topological polar surface area (TPSA) is 112 Å². The lowest BCUT2D eigenvalue weighted by Gasteiger charge is -2.28. The highest BCUT2D eigenvalue weighted by Gasteiger charge is 2.45. The van der Waals surface area contributed by atoms with Crippen molar-refractivity contribution in [2.24, 2.45) is 13.0 Å². The second-order valence-corrected chi connectivity index (χ2v) is 12.2. The van der Waals surface area contributed by atoms with Crippen molar-refractivity contribution in [3.8, 4) is 0 Å². The van der Waals surface area contributed by atoms with Gasteiger partial charge in [-0.2, -0.15) is 4.98 Å². The normalized spacial score (nSPS) is 18.6. The largest absolute Gasteiger partial charge is 0.444 e. The number of rotatable bonds is 6. The summed E-state index contributed by atoms with van der Waals surface area (Å²) in [5, 5.41) is 0. The van der Waals surface area contributed by atoms with Crippen LogP contribution in [0.1, 0.15) is 51.4 Å². The minimum atomic E-state index is -0.596. The average Bonchev–Trinajstić information content (AvgIpc) is 3.61. The van der Waals surface area contributed by atoms with Crippen molar-refractivity contribution in [1.29, 1.82) is 0 Å². The summed E-state index contributed by atoms with van der Waals surface area (Å²) in [4.78, 5) is 61.8. The molecule has 2 fully saturated rings. The van der Waals surface area contributed by atoms with Gasteiger partial charge in [0.25, 0.3) is 5.56 Å². The third-order valence-electron chi connectivity index (χ3n) is 7.75. The van der Waals surface area contributed by atoms with E-state index < -0.39 is 16.9 Å². The number of amides is 1. The number of carbonyl (C=O) groups is 2. The fraction of sp³-hybridized carbons (Fsp3) is 0.500. The highest BCUT2D eigenvalue weighted by atomic mass is 16.6. The number of likely N-dealkylation sites (tertiary alicyclic amines) is 1. The molecule has 4 heterocycles. The van der Waals surface area contributed by atoms with Gasteiger partial charge in [-0.15, -0.1) is 0 Å². The van der Waals surface area contributed by atoms with Crippen LogP contribution in [0.15, 0.2) is 51.6 Å². The smallest absolute Gasteiger partial charge is 0.410 e. The molecule has 11 heteroatoms. The Bertz CT molecular complexity index is 1640. The second kappa shape index (κ2) is 10.7. The van der Waals surface area contributed by atoms with Crippen LogP contribution in [0.5, 0.6) is 0 Å². The fourth-order valence-corrected chi connectivity index (χ4v) is 5.71. The number of ketones is 1. The molecule has 0 spiro atoms. The molecular weight excluding hydrogens is 524 g/mol. The van der Waals surface area contributed by atoms with Crippen LogP contribution in [-0.2, 0) is 24.9 Å². The zero-order valence-electron chi connectivity index (χ0n) is 24.6. The number of anilines is 1. The van der Waals surface area contributed by atoms with Crippen LogP contribution >= 0.6 is 0 Å². The molecule has 218 valence electrons. The Labute approximate surface area is 238 Å². The Hall–Kier alpha value is -4.15. The summed E-state index contributed by atoms with van der Waals surface area (Å²) in [6, 6.07) is 8.63. The summed E-state index contributed by atoms with van der Waals surface area (Å²) >= 11 is 0. The van der Waals surface area contributed by atoms with Gasteiger partial charge in [0.05, 0.1) is 12.6 Å². The Kier molecular flexibility index (Phi) is 7.39. The van der Waals surface area contributed by atoms with E-state index in [0.29, 0.717) is 37.7 Å². The molecule has 1 aromatic carbocycles. The Morgan fingerprint density at radius 1 is 1.07 bits per heavy atom. The molecule has 2 atom stereocenters. The number of ether oxygens (including phenoxy) is 1. The first kappa shape index (κ1) is 28.4. The predicted molar refractivity (Wildman–Crippen MR) is 156 cm³/mol. The van der Waals surface area contributed by atoms with Crippen LogP contribution in [0.2, 0.25) is 0 Å². The number of aromatic nitrogens is 4. The second-order valence-electron chi connectivity index (χ2n) is 12.2. The third-order valence-corrected chi connectivity index (χ3v) is 7.75. The molecule has 0 N–H and O–H groups in total. The van der Waals surface area contributed by atoms with Crippen molar-refractivity contribution in [3.05, 3.63) is 68.4 Å². The Morgan fingerprint density at radius 2 is 1.78 bits per heavy atom. The molecule has 0 saturated carbocycles. The molecule has 2 saturated heterocycles. The van der Waals surface area contributed by atoms with Crippen molar-refractivity contribution in [1.82, 2.24) is 23.6 Å². The van der Waals surface area contributed by atoms with Gasteiger partial charge in [0.2, 0.25) is 5.95 Å². The van der Waals surface area contributed by atoms with Crippen LogP contribution < -0.4 is 16.1 Å². The number of aryl methyl sites for hydroxylation is 1. The van der Waals surface area contributed by atoms with Gasteiger partial charge in [0.1, 0.15) is 5.60 Å². The van der Waals surface area contributed by atoms with Crippen molar-refractivity contribution in [3.63, 3.8) is 0 Å². The zero-order valence-corrected chi connectivity index (χ0v) is 24.6. The predicted octanol–water partition coefficient (Wildman–Crippen LogP) is 3.19. The maximum Gasteiger partial charge on any atom is 0.410 e. The quantitative estimate of drug-likeness (QED) is 0.335. The monoisotopic (exact) mass is 562 g/mol. The van der Waals surface area contributed by atoms with Crippen molar-refractivity contribution in [2.75, 3.05) is 24.5 Å². The van der Waals surface area contributed by atoms with Crippen molar-refractivity contribution >= 4 is 29.0 Å². The molecular formula is C30H38N6O5. The number of nitrogens with zero attached hydrogens (tertiary/aromatic N) is 6. The number of hydrogen-bond donors (Lipinski definition) is 0. The minimum absolute atomic E-state index is 0.00342. The van der Waals surface area contributed by atoms with E-state index in [0.717, 1.165) is 16.6 Å². The van der Waals surface area contributed by atoms with E-state index in [1.165, 1.54) is 4.57 Å². The number of carbonyl (C=O) groups excluding carboxylic acids is 2. The van der Waals surface area contributed by atoms with Gasteiger partial charge in [-0.1, -0.05) is 42.0 Å². The Balaban J connectivity index is 1.57. The molecule has 0 bridgehead atoms. The summed E-state index contributed by atoms with van der Waals surface area (Å²) in [5.74, 6) is 0.494. The molecule has 2 aliphatic heterocycles.